The number of nitrogens with one attached hydrogen (secondary N) is 1. The number of halogens is 2. The van der Waals surface area contributed by atoms with E-state index in [1.807, 2.05) is 24.3 Å². The lowest BCUT2D eigenvalue weighted by Crippen LogP contribution is -2.40. The van der Waals surface area contributed by atoms with Crippen LogP contribution in [0.5, 0.6) is 0 Å². The summed E-state index contributed by atoms with van der Waals surface area (Å²) >= 11 is 9.45. The van der Waals surface area contributed by atoms with Crippen molar-refractivity contribution >= 4 is 45.0 Å². The molecule has 0 bridgehead atoms. The van der Waals surface area contributed by atoms with Crippen LogP contribution in [0.15, 0.2) is 46.9 Å². The maximum Gasteiger partial charge on any atom is 0.257 e. The molecule has 3 rings (SSSR count). The van der Waals surface area contributed by atoms with E-state index in [4.69, 9.17) is 17.3 Å². The van der Waals surface area contributed by atoms with Crippen LogP contribution in [-0.2, 0) is 11.3 Å². The summed E-state index contributed by atoms with van der Waals surface area (Å²) in [5.74, 6) is -0.536. The summed E-state index contributed by atoms with van der Waals surface area (Å²) < 4.78 is 0.795. The third-order valence-electron chi connectivity index (χ3n) is 4.70. The van der Waals surface area contributed by atoms with E-state index < -0.39 is 0 Å². The molecule has 1 saturated heterocycles. The monoisotopic (exact) mass is 449 g/mol. The van der Waals surface area contributed by atoms with Crippen molar-refractivity contribution in [1.29, 1.82) is 0 Å². The van der Waals surface area contributed by atoms with Gasteiger partial charge in [0.05, 0.1) is 16.5 Å². The molecule has 0 spiro atoms. The lowest BCUT2D eigenvalue weighted by atomic mass is 9.97. The SMILES string of the molecule is NC(=O)C1CCCN(Cc2ccc(NC(=O)c3cc(Br)ccc3Cl)cc2)C1. The van der Waals surface area contributed by atoms with Crippen molar-refractivity contribution in [3.63, 3.8) is 0 Å². The summed E-state index contributed by atoms with van der Waals surface area (Å²) in [5, 5.41) is 3.26. The number of hydrogen-bond acceptors (Lipinski definition) is 3. The molecule has 2 amide bonds. The van der Waals surface area contributed by atoms with Crippen LogP contribution in [0.25, 0.3) is 0 Å². The zero-order valence-electron chi connectivity index (χ0n) is 14.8. The van der Waals surface area contributed by atoms with Crippen LogP contribution in [0.2, 0.25) is 5.02 Å². The normalized spacial score (nSPS) is 17.5. The fourth-order valence-corrected chi connectivity index (χ4v) is 3.82. The average Bonchev–Trinajstić information content (AvgIpc) is 2.65. The van der Waals surface area contributed by atoms with Crippen molar-refractivity contribution < 1.29 is 9.59 Å². The number of carbonyl (C=O) groups excluding carboxylic acids is 2. The van der Waals surface area contributed by atoms with Crippen LogP contribution in [-0.4, -0.2) is 29.8 Å². The highest BCUT2D eigenvalue weighted by Gasteiger charge is 2.23. The smallest absolute Gasteiger partial charge is 0.257 e. The molecule has 1 atom stereocenters. The molecule has 7 heteroatoms. The summed E-state index contributed by atoms with van der Waals surface area (Å²) in [6.07, 6.45) is 1.85. The lowest BCUT2D eigenvalue weighted by Gasteiger charge is -2.31. The molecule has 5 nitrogen and oxygen atoms in total. The minimum absolute atomic E-state index is 0.0627. The Morgan fingerprint density at radius 2 is 1.96 bits per heavy atom. The number of rotatable bonds is 5. The van der Waals surface area contributed by atoms with Crippen molar-refractivity contribution in [2.75, 3.05) is 18.4 Å². The van der Waals surface area contributed by atoms with Crippen LogP contribution in [0.1, 0.15) is 28.8 Å². The summed E-state index contributed by atoms with van der Waals surface area (Å²) in [6.45, 7) is 2.42. The Morgan fingerprint density at radius 1 is 1.22 bits per heavy atom. The Hall–Kier alpha value is -1.89. The van der Waals surface area contributed by atoms with E-state index in [0.717, 1.165) is 36.0 Å². The molecule has 0 radical (unpaired) electrons. The maximum absolute atomic E-state index is 12.4. The van der Waals surface area contributed by atoms with Gasteiger partial charge in [-0.05, 0) is 55.3 Å². The van der Waals surface area contributed by atoms with Crippen LogP contribution < -0.4 is 11.1 Å². The largest absolute Gasteiger partial charge is 0.369 e. The second kappa shape index (κ2) is 8.87. The Balaban J connectivity index is 1.61. The van der Waals surface area contributed by atoms with E-state index in [1.165, 1.54) is 0 Å². The van der Waals surface area contributed by atoms with Crippen molar-refractivity contribution in [1.82, 2.24) is 4.90 Å². The summed E-state index contributed by atoms with van der Waals surface area (Å²) in [6, 6.07) is 12.9. The van der Waals surface area contributed by atoms with Crippen LogP contribution in [0.4, 0.5) is 5.69 Å². The number of nitrogens with zero attached hydrogens (tertiary/aromatic N) is 1. The number of benzene rings is 2. The Bertz CT molecular complexity index is 842. The molecule has 1 fully saturated rings. The number of nitrogens with two attached hydrogens (primary N) is 1. The van der Waals surface area contributed by atoms with Gasteiger partial charge in [-0.1, -0.05) is 39.7 Å². The number of primary amides is 1. The molecular formula is C20H21BrClN3O2. The highest BCUT2D eigenvalue weighted by Crippen LogP contribution is 2.23. The van der Waals surface area contributed by atoms with Gasteiger partial charge in [-0.15, -0.1) is 0 Å². The molecule has 142 valence electrons. The van der Waals surface area contributed by atoms with Crippen molar-refractivity contribution in [2.24, 2.45) is 11.7 Å². The first-order valence-electron chi connectivity index (χ1n) is 8.79. The fraction of sp³-hybridized carbons (Fsp3) is 0.300. The first-order chi connectivity index (χ1) is 12.9. The number of piperidine rings is 1. The average molecular weight is 451 g/mol. The molecule has 2 aromatic carbocycles. The van der Waals surface area contributed by atoms with Gasteiger partial charge in [-0.2, -0.15) is 0 Å². The predicted octanol–water partition coefficient (Wildman–Crippen LogP) is 4.05. The minimum Gasteiger partial charge on any atom is -0.369 e. The molecule has 1 heterocycles. The Labute approximate surface area is 172 Å². The quantitative estimate of drug-likeness (QED) is 0.721. The first-order valence-corrected chi connectivity index (χ1v) is 9.96. The van der Waals surface area contributed by atoms with Crippen molar-refractivity contribution in [3.05, 3.63) is 63.1 Å². The van der Waals surface area contributed by atoms with Gasteiger partial charge in [-0.25, -0.2) is 0 Å². The second-order valence-corrected chi connectivity index (χ2v) is 8.07. The molecule has 1 unspecified atom stereocenters. The highest BCUT2D eigenvalue weighted by atomic mass is 79.9. The standard InChI is InChI=1S/C20H21BrClN3O2/c21-15-5-8-18(22)17(10-15)20(27)24-16-6-3-13(4-7-16)11-25-9-1-2-14(12-25)19(23)26/h3-8,10,14H,1-2,9,11-12H2,(H2,23,26)(H,24,27). The van der Waals surface area contributed by atoms with Gasteiger partial charge < -0.3 is 11.1 Å². The number of hydrogen-bond donors (Lipinski definition) is 2. The van der Waals surface area contributed by atoms with E-state index in [0.29, 0.717) is 22.8 Å². The minimum atomic E-state index is -0.255. The number of carbonyl (C=O) groups is 2. The van der Waals surface area contributed by atoms with Gasteiger partial charge in [0.1, 0.15) is 0 Å². The van der Waals surface area contributed by atoms with Crippen molar-refractivity contribution in [3.8, 4) is 0 Å². The number of amides is 2. The fourth-order valence-electron chi connectivity index (χ4n) is 3.25. The van der Waals surface area contributed by atoms with E-state index in [9.17, 15) is 9.59 Å². The van der Waals surface area contributed by atoms with E-state index in [1.54, 1.807) is 18.2 Å². The Morgan fingerprint density at radius 3 is 2.67 bits per heavy atom. The molecule has 0 aliphatic carbocycles. The highest BCUT2D eigenvalue weighted by molar-refractivity contribution is 9.10. The molecule has 0 saturated carbocycles. The van der Waals surface area contributed by atoms with Gasteiger partial charge in [0.15, 0.2) is 0 Å². The summed E-state index contributed by atoms with van der Waals surface area (Å²) in [4.78, 5) is 26.1. The number of anilines is 1. The summed E-state index contributed by atoms with van der Waals surface area (Å²) in [5.41, 5.74) is 7.68. The number of likely N-dealkylation sites (tertiary alicyclic amines) is 1. The van der Waals surface area contributed by atoms with Gasteiger partial charge in [0.2, 0.25) is 5.91 Å². The van der Waals surface area contributed by atoms with Gasteiger partial charge in [0.25, 0.3) is 5.91 Å². The van der Waals surface area contributed by atoms with Crippen LogP contribution in [0, 0.1) is 5.92 Å². The van der Waals surface area contributed by atoms with Crippen LogP contribution >= 0.6 is 27.5 Å². The molecule has 27 heavy (non-hydrogen) atoms. The third-order valence-corrected chi connectivity index (χ3v) is 5.52. The molecule has 1 aliphatic rings. The van der Waals surface area contributed by atoms with Gasteiger partial charge >= 0.3 is 0 Å². The summed E-state index contributed by atoms with van der Waals surface area (Å²) in [7, 11) is 0. The zero-order chi connectivity index (χ0) is 19.4. The third kappa shape index (κ3) is 5.31. The molecule has 3 N–H and O–H groups in total. The zero-order valence-corrected chi connectivity index (χ0v) is 17.1. The topological polar surface area (TPSA) is 75.4 Å². The van der Waals surface area contributed by atoms with Crippen molar-refractivity contribution in [2.45, 2.75) is 19.4 Å². The van der Waals surface area contributed by atoms with E-state index in [2.05, 4.69) is 26.1 Å². The van der Waals surface area contributed by atoms with Gasteiger partial charge in [0, 0.05) is 23.2 Å². The van der Waals surface area contributed by atoms with Crippen LogP contribution in [0.3, 0.4) is 0 Å². The molecular weight excluding hydrogens is 430 g/mol. The maximum atomic E-state index is 12.4. The molecule has 0 aromatic heterocycles. The second-order valence-electron chi connectivity index (χ2n) is 6.75. The first kappa shape index (κ1) is 19.9. The molecule has 1 aliphatic heterocycles. The van der Waals surface area contributed by atoms with Gasteiger partial charge in [-0.3, -0.25) is 14.5 Å². The molecule has 2 aromatic rings. The predicted molar refractivity (Wildman–Crippen MR) is 111 cm³/mol. The Kier molecular flexibility index (Phi) is 6.52. The lowest BCUT2D eigenvalue weighted by molar-refractivity contribution is -0.123. The van der Waals surface area contributed by atoms with E-state index >= 15 is 0 Å². The van der Waals surface area contributed by atoms with E-state index in [-0.39, 0.29) is 17.7 Å².